The van der Waals surface area contributed by atoms with Crippen LogP contribution in [-0.4, -0.2) is 21.2 Å². The van der Waals surface area contributed by atoms with Gasteiger partial charge < -0.3 is 15.0 Å². The summed E-state index contributed by atoms with van der Waals surface area (Å²) in [5.74, 6) is 0.902. The molecule has 2 aromatic rings. The summed E-state index contributed by atoms with van der Waals surface area (Å²) in [4.78, 5) is 2.24. The molecule has 0 aromatic heterocycles. The molecule has 0 aliphatic heterocycles. The maximum atomic E-state index is 5.27. The van der Waals surface area contributed by atoms with Crippen molar-refractivity contribution < 1.29 is 4.74 Å². The van der Waals surface area contributed by atoms with Gasteiger partial charge in [-0.05, 0) is 49.4 Å². The molecule has 21 heavy (non-hydrogen) atoms. The molecule has 3 heteroatoms. The standard InChI is InChI=1S/C18H24N2O/c1-14(19-2)16-8-10-17(11-9-16)20(3)13-15-6-5-7-18(12-15)21-4/h5-12,14,19H,13H2,1-4H3. The van der Waals surface area contributed by atoms with Crippen LogP contribution in [0, 0.1) is 0 Å². The number of anilines is 1. The lowest BCUT2D eigenvalue weighted by atomic mass is 10.1. The number of ether oxygens (including phenoxy) is 1. The zero-order valence-electron chi connectivity index (χ0n) is 13.3. The Morgan fingerprint density at radius 2 is 1.86 bits per heavy atom. The van der Waals surface area contributed by atoms with Crippen molar-refractivity contribution in [1.29, 1.82) is 0 Å². The molecule has 0 aliphatic rings. The Morgan fingerprint density at radius 3 is 2.48 bits per heavy atom. The Labute approximate surface area is 127 Å². The van der Waals surface area contributed by atoms with Gasteiger partial charge in [0.25, 0.3) is 0 Å². The van der Waals surface area contributed by atoms with Crippen molar-refractivity contribution in [3.63, 3.8) is 0 Å². The van der Waals surface area contributed by atoms with E-state index in [0.717, 1.165) is 12.3 Å². The minimum Gasteiger partial charge on any atom is -0.497 e. The van der Waals surface area contributed by atoms with E-state index in [1.807, 2.05) is 19.2 Å². The van der Waals surface area contributed by atoms with Crippen LogP contribution in [0.15, 0.2) is 48.5 Å². The summed E-state index contributed by atoms with van der Waals surface area (Å²) in [6, 6.07) is 17.3. The second-order valence-corrected chi connectivity index (χ2v) is 5.31. The summed E-state index contributed by atoms with van der Waals surface area (Å²) in [6.07, 6.45) is 0. The third kappa shape index (κ3) is 3.99. The van der Waals surface area contributed by atoms with Crippen LogP contribution in [-0.2, 0) is 6.54 Å². The number of nitrogens with one attached hydrogen (secondary N) is 1. The fourth-order valence-corrected chi connectivity index (χ4v) is 2.32. The molecule has 0 heterocycles. The zero-order chi connectivity index (χ0) is 15.2. The van der Waals surface area contributed by atoms with Crippen LogP contribution in [0.1, 0.15) is 24.1 Å². The van der Waals surface area contributed by atoms with Crippen LogP contribution in [0.25, 0.3) is 0 Å². The zero-order valence-corrected chi connectivity index (χ0v) is 13.3. The summed E-state index contributed by atoms with van der Waals surface area (Å²) < 4.78 is 5.27. The molecule has 0 saturated heterocycles. The van der Waals surface area contributed by atoms with E-state index in [1.54, 1.807) is 7.11 Å². The van der Waals surface area contributed by atoms with Crippen molar-refractivity contribution in [1.82, 2.24) is 5.32 Å². The van der Waals surface area contributed by atoms with Gasteiger partial charge >= 0.3 is 0 Å². The molecule has 0 aliphatic carbocycles. The number of hydrogen-bond acceptors (Lipinski definition) is 3. The highest BCUT2D eigenvalue weighted by atomic mass is 16.5. The van der Waals surface area contributed by atoms with E-state index >= 15 is 0 Å². The van der Waals surface area contributed by atoms with Gasteiger partial charge in [-0.2, -0.15) is 0 Å². The number of rotatable bonds is 6. The summed E-state index contributed by atoms with van der Waals surface area (Å²) in [5, 5.41) is 3.25. The minimum absolute atomic E-state index is 0.378. The van der Waals surface area contributed by atoms with Crippen molar-refractivity contribution >= 4 is 5.69 Å². The molecule has 1 atom stereocenters. The molecule has 0 amide bonds. The molecule has 0 saturated carbocycles. The molecule has 112 valence electrons. The van der Waals surface area contributed by atoms with E-state index in [9.17, 15) is 0 Å². The van der Waals surface area contributed by atoms with Gasteiger partial charge in [-0.15, -0.1) is 0 Å². The maximum absolute atomic E-state index is 5.27. The fourth-order valence-electron chi connectivity index (χ4n) is 2.32. The largest absolute Gasteiger partial charge is 0.497 e. The lowest BCUT2D eigenvalue weighted by molar-refractivity contribution is 0.414. The summed E-state index contributed by atoms with van der Waals surface area (Å²) in [6.45, 7) is 3.02. The van der Waals surface area contributed by atoms with Crippen LogP contribution < -0.4 is 15.0 Å². The normalized spacial score (nSPS) is 12.0. The Hall–Kier alpha value is -2.00. The van der Waals surface area contributed by atoms with Gasteiger partial charge in [0.1, 0.15) is 5.75 Å². The number of benzene rings is 2. The first kappa shape index (κ1) is 15.4. The first-order valence-corrected chi connectivity index (χ1v) is 7.25. The number of methoxy groups -OCH3 is 1. The topological polar surface area (TPSA) is 24.5 Å². The monoisotopic (exact) mass is 284 g/mol. The lowest BCUT2D eigenvalue weighted by Crippen LogP contribution is -2.17. The third-order valence-corrected chi connectivity index (χ3v) is 3.82. The average Bonchev–Trinajstić information content (AvgIpc) is 2.54. The SMILES string of the molecule is CNC(C)c1ccc(N(C)Cc2cccc(OC)c2)cc1. The van der Waals surface area contributed by atoms with E-state index in [4.69, 9.17) is 4.74 Å². The van der Waals surface area contributed by atoms with Crippen LogP contribution in [0.4, 0.5) is 5.69 Å². The maximum Gasteiger partial charge on any atom is 0.119 e. The van der Waals surface area contributed by atoms with Crippen LogP contribution >= 0.6 is 0 Å². The average molecular weight is 284 g/mol. The molecular weight excluding hydrogens is 260 g/mol. The van der Waals surface area contributed by atoms with Gasteiger partial charge in [-0.3, -0.25) is 0 Å². The quantitative estimate of drug-likeness (QED) is 0.877. The van der Waals surface area contributed by atoms with Crippen molar-refractivity contribution in [2.45, 2.75) is 19.5 Å². The van der Waals surface area contributed by atoms with Crippen molar-refractivity contribution in [2.24, 2.45) is 0 Å². The molecule has 2 aromatic carbocycles. The van der Waals surface area contributed by atoms with Gasteiger partial charge in [-0.1, -0.05) is 24.3 Å². The second-order valence-electron chi connectivity index (χ2n) is 5.31. The van der Waals surface area contributed by atoms with Gasteiger partial charge in [0.2, 0.25) is 0 Å². The summed E-state index contributed by atoms with van der Waals surface area (Å²) in [5.41, 5.74) is 3.76. The Bertz CT molecular complexity index is 566. The Balaban J connectivity index is 2.07. The lowest BCUT2D eigenvalue weighted by Gasteiger charge is -2.21. The second kappa shape index (κ2) is 7.14. The number of hydrogen-bond donors (Lipinski definition) is 1. The third-order valence-electron chi connectivity index (χ3n) is 3.82. The van der Waals surface area contributed by atoms with Crippen LogP contribution in [0.5, 0.6) is 5.75 Å². The van der Waals surface area contributed by atoms with Crippen molar-refractivity contribution in [2.75, 3.05) is 26.1 Å². The minimum atomic E-state index is 0.378. The molecule has 0 fully saturated rings. The van der Waals surface area contributed by atoms with Gasteiger partial charge in [0, 0.05) is 25.3 Å². The molecule has 1 N–H and O–H groups in total. The molecule has 0 spiro atoms. The van der Waals surface area contributed by atoms with E-state index < -0.39 is 0 Å². The van der Waals surface area contributed by atoms with Crippen LogP contribution in [0.2, 0.25) is 0 Å². The summed E-state index contributed by atoms with van der Waals surface area (Å²) in [7, 11) is 5.79. The van der Waals surface area contributed by atoms with E-state index in [-0.39, 0.29) is 0 Å². The molecular formula is C18H24N2O. The van der Waals surface area contributed by atoms with E-state index in [0.29, 0.717) is 6.04 Å². The molecule has 0 radical (unpaired) electrons. The van der Waals surface area contributed by atoms with Gasteiger partial charge in [-0.25, -0.2) is 0 Å². The van der Waals surface area contributed by atoms with E-state index in [2.05, 4.69) is 60.6 Å². The Kier molecular flexibility index (Phi) is 5.23. The van der Waals surface area contributed by atoms with Crippen molar-refractivity contribution in [3.8, 4) is 5.75 Å². The summed E-state index contributed by atoms with van der Waals surface area (Å²) >= 11 is 0. The molecule has 2 rings (SSSR count). The van der Waals surface area contributed by atoms with Gasteiger partial charge in [0.05, 0.1) is 7.11 Å². The van der Waals surface area contributed by atoms with Crippen LogP contribution in [0.3, 0.4) is 0 Å². The highest BCUT2D eigenvalue weighted by Gasteiger charge is 2.06. The molecule has 1 unspecified atom stereocenters. The van der Waals surface area contributed by atoms with E-state index in [1.165, 1.54) is 16.8 Å². The van der Waals surface area contributed by atoms with Gasteiger partial charge in [0.15, 0.2) is 0 Å². The predicted octanol–water partition coefficient (Wildman–Crippen LogP) is 3.61. The predicted molar refractivity (Wildman–Crippen MR) is 89.0 cm³/mol. The smallest absolute Gasteiger partial charge is 0.119 e. The fraction of sp³-hybridized carbons (Fsp3) is 0.333. The highest BCUT2D eigenvalue weighted by molar-refractivity contribution is 5.48. The highest BCUT2D eigenvalue weighted by Crippen LogP contribution is 2.21. The first-order valence-electron chi connectivity index (χ1n) is 7.25. The number of nitrogens with zero attached hydrogens (tertiary/aromatic N) is 1. The molecule has 0 bridgehead atoms. The molecule has 3 nitrogen and oxygen atoms in total. The Morgan fingerprint density at radius 1 is 1.14 bits per heavy atom. The first-order chi connectivity index (χ1) is 10.1. The van der Waals surface area contributed by atoms with Crippen molar-refractivity contribution in [3.05, 3.63) is 59.7 Å².